The summed E-state index contributed by atoms with van der Waals surface area (Å²) in [6.07, 6.45) is 0.583. The highest BCUT2D eigenvalue weighted by molar-refractivity contribution is 6.26. The topological polar surface area (TPSA) is 52.6 Å². The molecule has 0 saturated heterocycles. The Hall–Kier alpha value is -2.10. The monoisotopic (exact) mass is 260 g/mol. The number of carbonyl (C=O) groups is 2. The third-order valence-electron chi connectivity index (χ3n) is 3.15. The quantitative estimate of drug-likeness (QED) is 0.618. The predicted octanol–water partition coefficient (Wildman–Crippen LogP) is 2.31. The number of ether oxygens (including phenoxy) is 2. The number of esters is 1. The van der Waals surface area contributed by atoms with Crippen LogP contribution in [-0.2, 0) is 16.0 Å². The van der Waals surface area contributed by atoms with Gasteiger partial charge in [-0.05, 0) is 38.0 Å². The van der Waals surface area contributed by atoms with Crippen LogP contribution in [0.4, 0.5) is 0 Å². The minimum Gasteiger partial charge on any atom is -0.497 e. The van der Waals surface area contributed by atoms with Gasteiger partial charge in [-0.1, -0.05) is 11.6 Å². The average Bonchev–Trinajstić information content (AvgIpc) is 2.38. The molecule has 0 spiro atoms. The molecule has 1 aromatic rings. The molecule has 0 saturated carbocycles. The zero-order valence-electron chi connectivity index (χ0n) is 11.3. The summed E-state index contributed by atoms with van der Waals surface area (Å²) >= 11 is 0. The maximum absolute atomic E-state index is 12.4. The van der Waals surface area contributed by atoms with E-state index < -0.39 is 5.97 Å². The first kappa shape index (κ1) is 13.3. The van der Waals surface area contributed by atoms with Crippen molar-refractivity contribution in [2.45, 2.75) is 20.3 Å². The zero-order valence-corrected chi connectivity index (χ0v) is 11.3. The summed E-state index contributed by atoms with van der Waals surface area (Å²) in [6.45, 7) is 3.77. The molecule has 0 heterocycles. The number of benzene rings is 1. The second-order valence-corrected chi connectivity index (χ2v) is 4.40. The smallest absolute Gasteiger partial charge is 0.342 e. The maximum atomic E-state index is 12.4. The zero-order chi connectivity index (χ0) is 14.0. The van der Waals surface area contributed by atoms with E-state index in [0.29, 0.717) is 17.7 Å². The van der Waals surface area contributed by atoms with E-state index >= 15 is 0 Å². The number of rotatable bonds is 3. The third kappa shape index (κ3) is 2.38. The van der Waals surface area contributed by atoms with Crippen LogP contribution in [0.25, 0.3) is 0 Å². The van der Waals surface area contributed by atoms with Crippen molar-refractivity contribution in [3.63, 3.8) is 0 Å². The predicted molar refractivity (Wildman–Crippen MR) is 70.4 cm³/mol. The first-order chi connectivity index (χ1) is 9.08. The van der Waals surface area contributed by atoms with E-state index in [0.717, 1.165) is 11.1 Å². The van der Waals surface area contributed by atoms with Crippen LogP contribution in [0.3, 0.4) is 0 Å². The van der Waals surface area contributed by atoms with Crippen LogP contribution in [0.5, 0.6) is 5.75 Å². The van der Waals surface area contributed by atoms with Gasteiger partial charge in [0.05, 0.1) is 13.7 Å². The Balaban J connectivity index is 2.44. The lowest BCUT2D eigenvalue weighted by Gasteiger charge is -2.19. The minimum atomic E-state index is -0.543. The van der Waals surface area contributed by atoms with Crippen LogP contribution < -0.4 is 4.74 Å². The number of hydrogen-bond acceptors (Lipinski definition) is 4. The van der Waals surface area contributed by atoms with E-state index in [1.165, 1.54) is 0 Å². The van der Waals surface area contributed by atoms with Gasteiger partial charge in [0, 0.05) is 5.56 Å². The number of hydrogen-bond donors (Lipinski definition) is 0. The molecule has 0 bridgehead atoms. The van der Waals surface area contributed by atoms with E-state index in [-0.39, 0.29) is 18.0 Å². The molecule has 0 fully saturated rings. The van der Waals surface area contributed by atoms with Crippen molar-refractivity contribution in [3.05, 3.63) is 40.5 Å². The van der Waals surface area contributed by atoms with E-state index in [2.05, 4.69) is 0 Å². The van der Waals surface area contributed by atoms with E-state index in [4.69, 9.17) is 9.47 Å². The molecule has 1 aromatic carbocycles. The van der Waals surface area contributed by atoms with Gasteiger partial charge in [-0.2, -0.15) is 0 Å². The van der Waals surface area contributed by atoms with E-state index in [1.54, 1.807) is 27.0 Å². The summed E-state index contributed by atoms with van der Waals surface area (Å²) in [7, 11) is 1.54. The minimum absolute atomic E-state index is 0.155. The molecule has 19 heavy (non-hydrogen) atoms. The van der Waals surface area contributed by atoms with Crippen LogP contribution in [-0.4, -0.2) is 25.5 Å². The molecular weight excluding hydrogens is 244 g/mol. The second-order valence-electron chi connectivity index (χ2n) is 4.40. The van der Waals surface area contributed by atoms with Crippen molar-refractivity contribution in [3.8, 4) is 5.75 Å². The van der Waals surface area contributed by atoms with Crippen molar-refractivity contribution in [2.75, 3.05) is 13.7 Å². The molecule has 1 aliphatic rings. The summed E-state index contributed by atoms with van der Waals surface area (Å²) in [4.78, 5) is 24.2. The fraction of sp³-hybridized carbons (Fsp3) is 0.333. The fourth-order valence-corrected chi connectivity index (χ4v) is 2.22. The fourth-order valence-electron chi connectivity index (χ4n) is 2.22. The Bertz CT molecular complexity index is 570. The van der Waals surface area contributed by atoms with Gasteiger partial charge < -0.3 is 9.47 Å². The highest BCUT2D eigenvalue weighted by Crippen LogP contribution is 2.29. The van der Waals surface area contributed by atoms with Crippen LogP contribution >= 0.6 is 0 Å². The van der Waals surface area contributed by atoms with Gasteiger partial charge in [0.15, 0.2) is 0 Å². The van der Waals surface area contributed by atoms with Gasteiger partial charge in [-0.3, -0.25) is 4.79 Å². The Kier molecular flexibility index (Phi) is 3.69. The summed E-state index contributed by atoms with van der Waals surface area (Å²) in [6, 6.07) is 5.34. The first-order valence-electron chi connectivity index (χ1n) is 6.17. The van der Waals surface area contributed by atoms with Crippen molar-refractivity contribution in [1.82, 2.24) is 0 Å². The van der Waals surface area contributed by atoms with Crippen molar-refractivity contribution in [2.24, 2.45) is 0 Å². The Morgan fingerprint density at radius 2 is 2.11 bits per heavy atom. The Labute approximate surface area is 112 Å². The number of Topliss-reactive ketones (excluding diaryl/α,β-unsaturated/α-hetero) is 1. The number of allylic oxidation sites excluding steroid dienone is 1. The summed E-state index contributed by atoms with van der Waals surface area (Å²) in [5.41, 5.74) is 2.34. The average molecular weight is 260 g/mol. The molecule has 4 heteroatoms. The summed E-state index contributed by atoms with van der Waals surface area (Å²) in [5, 5.41) is 0. The maximum Gasteiger partial charge on any atom is 0.342 e. The molecule has 2 rings (SSSR count). The second kappa shape index (κ2) is 5.26. The van der Waals surface area contributed by atoms with Crippen LogP contribution in [0.1, 0.15) is 29.8 Å². The molecule has 0 aromatic heterocycles. The van der Waals surface area contributed by atoms with Gasteiger partial charge >= 0.3 is 5.97 Å². The number of fused-ring (bicyclic) bond motifs is 1. The number of carbonyl (C=O) groups excluding carboxylic acids is 2. The Morgan fingerprint density at radius 3 is 2.74 bits per heavy atom. The normalized spacial score (nSPS) is 14.2. The highest BCUT2D eigenvalue weighted by Gasteiger charge is 2.30. The van der Waals surface area contributed by atoms with Crippen molar-refractivity contribution < 1.29 is 19.1 Å². The molecule has 0 aliphatic heterocycles. The molecule has 0 N–H and O–H groups in total. The molecule has 4 nitrogen and oxygen atoms in total. The standard InChI is InChI=1S/C15H16O4/c1-4-19-15(17)13-9(2)7-10-5-6-11(18-3)8-12(10)14(13)16/h5-6,8H,4,7H2,1-3H3. The van der Waals surface area contributed by atoms with Crippen LogP contribution in [0.2, 0.25) is 0 Å². The van der Waals surface area contributed by atoms with E-state index in [9.17, 15) is 9.59 Å². The Morgan fingerprint density at radius 1 is 1.37 bits per heavy atom. The van der Waals surface area contributed by atoms with Gasteiger partial charge in [0.25, 0.3) is 0 Å². The highest BCUT2D eigenvalue weighted by atomic mass is 16.5. The lowest BCUT2D eigenvalue weighted by Crippen LogP contribution is -2.23. The summed E-state index contributed by atoms with van der Waals surface area (Å²) in [5.74, 6) is -0.218. The third-order valence-corrected chi connectivity index (χ3v) is 3.15. The lowest BCUT2D eigenvalue weighted by molar-refractivity contribution is -0.138. The number of methoxy groups -OCH3 is 1. The van der Waals surface area contributed by atoms with Crippen molar-refractivity contribution >= 4 is 11.8 Å². The molecule has 100 valence electrons. The van der Waals surface area contributed by atoms with Crippen LogP contribution in [0, 0.1) is 0 Å². The van der Waals surface area contributed by atoms with Crippen molar-refractivity contribution in [1.29, 1.82) is 0 Å². The molecule has 0 amide bonds. The van der Waals surface area contributed by atoms with Crippen LogP contribution in [0.15, 0.2) is 29.3 Å². The van der Waals surface area contributed by atoms with Gasteiger partial charge in [-0.15, -0.1) is 0 Å². The molecule has 0 atom stereocenters. The SMILES string of the molecule is CCOC(=O)C1=C(C)Cc2ccc(OC)cc2C1=O. The molecule has 0 radical (unpaired) electrons. The molecular formula is C15H16O4. The van der Waals surface area contributed by atoms with Gasteiger partial charge in [-0.25, -0.2) is 4.79 Å². The largest absolute Gasteiger partial charge is 0.497 e. The summed E-state index contributed by atoms with van der Waals surface area (Å²) < 4.78 is 10.1. The molecule has 1 aliphatic carbocycles. The van der Waals surface area contributed by atoms with Gasteiger partial charge in [0.2, 0.25) is 5.78 Å². The number of ketones is 1. The first-order valence-corrected chi connectivity index (χ1v) is 6.17. The van der Waals surface area contributed by atoms with Gasteiger partial charge in [0.1, 0.15) is 11.3 Å². The lowest BCUT2D eigenvalue weighted by atomic mass is 9.85. The molecule has 0 unspecified atom stereocenters. The van der Waals surface area contributed by atoms with E-state index in [1.807, 2.05) is 12.1 Å².